The van der Waals surface area contributed by atoms with Gasteiger partial charge in [-0.15, -0.1) is 0 Å². The Bertz CT molecular complexity index is 514. The summed E-state index contributed by atoms with van der Waals surface area (Å²) in [5.41, 5.74) is 0.784. The number of benzene rings is 1. The normalized spacial score (nSPS) is 9.95. The molecule has 2 rings (SSSR count). The number of ether oxygens (including phenoxy) is 1. The first-order valence-electron chi connectivity index (χ1n) is 6.12. The van der Waals surface area contributed by atoms with E-state index in [0.717, 1.165) is 11.4 Å². The van der Waals surface area contributed by atoms with Gasteiger partial charge >= 0.3 is 0 Å². The number of hydrogen-bond donors (Lipinski definition) is 0. The van der Waals surface area contributed by atoms with Crippen molar-refractivity contribution in [1.29, 1.82) is 0 Å². The topological polar surface area (TPSA) is 42.4 Å². The molecule has 0 aliphatic carbocycles. The third-order valence-corrected chi connectivity index (χ3v) is 2.74. The van der Waals surface area contributed by atoms with Crippen LogP contribution in [0.5, 0.6) is 5.75 Å². The van der Waals surface area contributed by atoms with Crippen molar-refractivity contribution in [3.8, 4) is 5.75 Å². The molecule has 0 aliphatic heterocycles. The second kappa shape index (κ2) is 6.54. The first kappa shape index (κ1) is 13.1. The summed E-state index contributed by atoms with van der Waals surface area (Å²) in [6.45, 7) is 0.369. The highest BCUT2D eigenvalue weighted by molar-refractivity contribution is 5.92. The highest BCUT2D eigenvalue weighted by Gasteiger charge is 2.10. The Balaban J connectivity index is 1.82. The number of amides is 1. The van der Waals surface area contributed by atoms with Crippen LogP contribution in [0.25, 0.3) is 0 Å². The van der Waals surface area contributed by atoms with E-state index in [4.69, 9.17) is 4.74 Å². The van der Waals surface area contributed by atoms with E-state index in [1.807, 2.05) is 36.4 Å². The van der Waals surface area contributed by atoms with Crippen LogP contribution in [0, 0.1) is 0 Å². The molecule has 0 radical (unpaired) electrons. The predicted octanol–water partition coefficient (Wildman–Crippen LogP) is 2.51. The van der Waals surface area contributed by atoms with Crippen molar-refractivity contribution >= 4 is 11.6 Å². The van der Waals surface area contributed by atoms with Crippen molar-refractivity contribution in [3.63, 3.8) is 0 Å². The van der Waals surface area contributed by atoms with Gasteiger partial charge in [0.05, 0.1) is 24.9 Å². The Labute approximate surface area is 112 Å². The molecule has 2 aromatic rings. The van der Waals surface area contributed by atoms with Gasteiger partial charge in [-0.1, -0.05) is 18.2 Å². The summed E-state index contributed by atoms with van der Waals surface area (Å²) in [5, 5.41) is 0. The lowest BCUT2D eigenvalue weighted by Gasteiger charge is -2.16. The van der Waals surface area contributed by atoms with E-state index in [0.29, 0.717) is 13.0 Å². The quantitative estimate of drug-likeness (QED) is 0.825. The fraction of sp³-hybridized carbons (Fsp3) is 0.200. The van der Waals surface area contributed by atoms with Gasteiger partial charge in [0.2, 0.25) is 5.91 Å². The average molecular weight is 256 g/mol. The second-order valence-electron chi connectivity index (χ2n) is 4.08. The summed E-state index contributed by atoms with van der Waals surface area (Å²) in [6, 6.07) is 13.1. The number of para-hydroxylation sites is 1. The molecule has 0 spiro atoms. The summed E-state index contributed by atoms with van der Waals surface area (Å²) >= 11 is 0. The van der Waals surface area contributed by atoms with Gasteiger partial charge in [0.25, 0.3) is 0 Å². The van der Waals surface area contributed by atoms with Crippen LogP contribution in [0.4, 0.5) is 5.69 Å². The number of aromatic nitrogens is 1. The zero-order chi connectivity index (χ0) is 13.5. The minimum absolute atomic E-state index is 0.00364. The molecule has 0 N–H and O–H groups in total. The number of anilines is 1. The Kier molecular flexibility index (Phi) is 4.50. The molecule has 4 heteroatoms. The van der Waals surface area contributed by atoms with E-state index >= 15 is 0 Å². The lowest BCUT2D eigenvalue weighted by Crippen LogP contribution is -2.27. The fourth-order valence-electron chi connectivity index (χ4n) is 1.64. The number of carbonyl (C=O) groups is 1. The van der Waals surface area contributed by atoms with E-state index in [1.54, 1.807) is 30.4 Å². The molecular formula is C15H16N2O2. The SMILES string of the molecule is CN(C(=O)CCOc1ccccc1)c1cccnc1. The number of rotatable bonds is 5. The first-order valence-corrected chi connectivity index (χ1v) is 6.12. The number of carbonyl (C=O) groups excluding carboxylic acids is 1. The summed E-state index contributed by atoms with van der Waals surface area (Å²) in [6.07, 6.45) is 3.68. The van der Waals surface area contributed by atoms with Crippen molar-refractivity contribution < 1.29 is 9.53 Å². The van der Waals surface area contributed by atoms with Crippen LogP contribution in [0.3, 0.4) is 0 Å². The molecule has 4 nitrogen and oxygen atoms in total. The predicted molar refractivity (Wildman–Crippen MR) is 74.2 cm³/mol. The maximum Gasteiger partial charge on any atom is 0.230 e. The van der Waals surface area contributed by atoms with Gasteiger partial charge < -0.3 is 9.64 Å². The Hall–Kier alpha value is -2.36. The highest BCUT2D eigenvalue weighted by Crippen LogP contribution is 2.12. The number of hydrogen-bond acceptors (Lipinski definition) is 3. The van der Waals surface area contributed by atoms with Crippen molar-refractivity contribution in [2.75, 3.05) is 18.6 Å². The summed E-state index contributed by atoms with van der Waals surface area (Å²) in [4.78, 5) is 17.5. The Morgan fingerprint density at radius 1 is 1.21 bits per heavy atom. The molecule has 0 aliphatic rings. The minimum atomic E-state index is 0.00364. The summed E-state index contributed by atoms with van der Waals surface area (Å²) < 4.78 is 5.50. The van der Waals surface area contributed by atoms with E-state index in [9.17, 15) is 4.79 Å². The van der Waals surface area contributed by atoms with Crippen LogP contribution in [0.2, 0.25) is 0 Å². The van der Waals surface area contributed by atoms with Crippen LogP contribution in [0.15, 0.2) is 54.9 Å². The van der Waals surface area contributed by atoms with Gasteiger partial charge in [-0.05, 0) is 24.3 Å². The van der Waals surface area contributed by atoms with Crippen molar-refractivity contribution in [3.05, 3.63) is 54.9 Å². The van der Waals surface area contributed by atoms with Crippen LogP contribution in [0.1, 0.15) is 6.42 Å². The lowest BCUT2D eigenvalue weighted by molar-refractivity contribution is -0.118. The van der Waals surface area contributed by atoms with Gasteiger partial charge in [0.1, 0.15) is 5.75 Å². The minimum Gasteiger partial charge on any atom is -0.493 e. The largest absolute Gasteiger partial charge is 0.493 e. The molecule has 0 saturated heterocycles. The highest BCUT2D eigenvalue weighted by atomic mass is 16.5. The molecule has 1 aromatic carbocycles. The van der Waals surface area contributed by atoms with Gasteiger partial charge in [0, 0.05) is 13.2 Å². The monoisotopic (exact) mass is 256 g/mol. The molecule has 0 bridgehead atoms. The third kappa shape index (κ3) is 3.81. The third-order valence-electron chi connectivity index (χ3n) is 2.74. The average Bonchev–Trinajstić information content (AvgIpc) is 2.48. The molecule has 0 fully saturated rings. The van der Waals surface area contributed by atoms with Gasteiger partial charge in [-0.2, -0.15) is 0 Å². The zero-order valence-electron chi connectivity index (χ0n) is 10.8. The van der Waals surface area contributed by atoms with E-state index in [1.165, 1.54) is 0 Å². The van der Waals surface area contributed by atoms with Crippen LogP contribution < -0.4 is 9.64 Å². The fourth-order valence-corrected chi connectivity index (χ4v) is 1.64. The molecule has 0 saturated carbocycles. The van der Waals surface area contributed by atoms with E-state index < -0.39 is 0 Å². The molecule has 1 heterocycles. The van der Waals surface area contributed by atoms with Gasteiger partial charge in [0.15, 0.2) is 0 Å². The van der Waals surface area contributed by atoms with Crippen molar-refractivity contribution in [2.45, 2.75) is 6.42 Å². The second-order valence-corrected chi connectivity index (χ2v) is 4.08. The standard InChI is InChI=1S/C15H16N2O2/c1-17(13-6-5-10-16-12-13)15(18)9-11-19-14-7-3-2-4-8-14/h2-8,10,12H,9,11H2,1H3. The molecule has 98 valence electrons. The molecule has 0 unspecified atom stereocenters. The molecule has 1 aromatic heterocycles. The summed E-state index contributed by atoms with van der Waals surface area (Å²) in [5.74, 6) is 0.781. The first-order chi connectivity index (χ1) is 9.27. The van der Waals surface area contributed by atoms with E-state index in [2.05, 4.69) is 4.98 Å². The zero-order valence-corrected chi connectivity index (χ0v) is 10.8. The maximum atomic E-state index is 12.0. The maximum absolute atomic E-state index is 12.0. The van der Waals surface area contributed by atoms with Crippen LogP contribution >= 0.6 is 0 Å². The van der Waals surface area contributed by atoms with E-state index in [-0.39, 0.29) is 5.91 Å². The van der Waals surface area contributed by atoms with Gasteiger partial charge in [-0.25, -0.2) is 0 Å². The summed E-state index contributed by atoms with van der Waals surface area (Å²) in [7, 11) is 1.74. The molecule has 1 amide bonds. The van der Waals surface area contributed by atoms with Crippen molar-refractivity contribution in [2.24, 2.45) is 0 Å². The molecule has 19 heavy (non-hydrogen) atoms. The number of nitrogens with zero attached hydrogens (tertiary/aromatic N) is 2. The molecule has 0 atom stereocenters. The van der Waals surface area contributed by atoms with Crippen LogP contribution in [-0.2, 0) is 4.79 Å². The van der Waals surface area contributed by atoms with Crippen molar-refractivity contribution in [1.82, 2.24) is 4.98 Å². The van der Waals surface area contributed by atoms with Crippen LogP contribution in [-0.4, -0.2) is 24.5 Å². The molecular weight excluding hydrogens is 240 g/mol. The Morgan fingerprint density at radius 2 is 2.00 bits per heavy atom. The number of pyridine rings is 1. The lowest BCUT2D eigenvalue weighted by atomic mass is 10.3. The van der Waals surface area contributed by atoms with Gasteiger partial charge in [-0.3, -0.25) is 9.78 Å². The smallest absolute Gasteiger partial charge is 0.230 e. The Morgan fingerprint density at radius 3 is 2.68 bits per heavy atom.